The van der Waals surface area contributed by atoms with Crippen molar-refractivity contribution in [2.75, 3.05) is 29.9 Å². The summed E-state index contributed by atoms with van der Waals surface area (Å²) in [5.41, 5.74) is 4.93. The monoisotopic (exact) mass is 483 g/mol. The summed E-state index contributed by atoms with van der Waals surface area (Å²) in [5.74, 6) is 1.30. The summed E-state index contributed by atoms with van der Waals surface area (Å²) in [4.78, 5) is 13.3. The number of anilines is 2. The van der Waals surface area contributed by atoms with E-state index in [0.717, 1.165) is 64.0 Å². The normalized spacial score (nSPS) is 16.1. The van der Waals surface area contributed by atoms with Gasteiger partial charge < -0.3 is 15.1 Å². The Kier molecular flexibility index (Phi) is 6.55. The molecule has 0 bridgehead atoms. The van der Waals surface area contributed by atoms with E-state index in [1.807, 2.05) is 42.7 Å². The second kappa shape index (κ2) is 9.92. The fourth-order valence-corrected chi connectivity index (χ4v) is 4.95. The molecule has 0 radical (unpaired) electrons. The Bertz CT molecular complexity index is 1330. The molecule has 0 spiro atoms. The first-order valence-electron chi connectivity index (χ1n) is 11.9. The number of nitrogens with one attached hydrogen (secondary N) is 1. The van der Waals surface area contributed by atoms with E-state index in [1.54, 1.807) is 6.20 Å². The van der Waals surface area contributed by atoms with Crippen molar-refractivity contribution in [2.24, 2.45) is 5.92 Å². The van der Waals surface area contributed by atoms with Crippen LogP contribution in [0.4, 0.5) is 11.5 Å². The molecule has 0 aliphatic carbocycles. The van der Waals surface area contributed by atoms with E-state index in [4.69, 9.17) is 12.2 Å². The molecule has 35 heavy (non-hydrogen) atoms. The van der Waals surface area contributed by atoms with Crippen LogP contribution in [-0.4, -0.2) is 55.9 Å². The minimum absolute atomic E-state index is 0.249. The molecule has 1 N–H and O–H groups in total. The molecule has 3 aromatic heterocycles. The van der Waals surface area contributed by atoms with E-state index >= 15 is 0 Å². The fraction of sp³-hybridized carbons (Fsp3) is 0.296. The van der Waals surface area contributed by atoms with Crippen LogP contribution in [0.5, 0.6) is 0 Å². The van der Waals surface area contributed by atoms with Gasteiger partial charge in [-0.2, -0.15) is 0 Å². The predicted molar refractivity (Wildman–Crippen MR) is 146 cm³/mol. The van der Waals surface area contributed by atoms with Crippen molar-refractivity contribution in [3.8, 4) is 11.3 Å². The minimum atomic E-state index is 0.249. The highest BCUT2D eigenvalue weighted by atomic mass is 32.1. The van der Waals surface area contributed by atoms with E-state index in [1.165, 1.54) is 0 Å². The van der Waals surface area contributed by atoms with Crippen molar-refractivity contribution in [3.05, 3.63) is 72.7 Å². The van der Waals surface area contributed by atoms with Gasteiger partial charge in [0.1, 0.15) is 0 Å². The number of nitrogens with zero attached hydrogens (tertiary/aromatic N) is 6. The zero-order valence-corrected chi connectivity index (χ0v) is 21.0. The number of hydrogen-bond donors (Lipinski definition) is 1. The van der Waals surface area contributed by atoms with Crippen LogP contribution in [0, 0.1) is 12.8 Å². The van der Waals surface area contributed by atoms with E-state index in [2.05, 4.69) is 74.3 Å². The Morgan fingerprint density at radius 3 is 2.69 bits per heavy atom. The first-order chi connectivity index (χ1) is 17.0. The molecule has 7 nitrogen and oxygen atoms in total. The van der Waals surface area contributed by atoms with E-state index in [0.29, 0.717) is 5.92 Å². The quantitative estimate of drug-likeness (QED) is 0.410. The van der Waals surface area contributed by atoms with Crippen LogP contribution in [-0.2, 0) is 0 Å². The largest absolute Gasteiger partial charge is 0.351 e. The zero-order valence-electron chi connectivity index (χ0n) is 20.2. The van der Waals surface area contributed by atoms with Crippen LogP contribution in [0.25, 0.3) is 22.2 Å². The molecule has 1 aliphatic rings. The minimum Gasteiger partial charge on any atom is -0.351 e. The summed E-state index contributed by atoms with van der Waals surface area (Å²) >= 11 is 5.90. The average molecular weight is 484 g/mol. The second-order valence-electron chi connectivity index (χ2n) is 9.22. The van der Waals surface area contributed by atoms with Crippen molar-refractivity contribution in [1.29, 1.82) is 0 Å². The number of piperazine rings is 1. The summed E-state index contributed by atoms with van der Waals surface area (Å²) in [5, 5.41) is 14.4. The van der Waals surface area contributed by atoms with Crippen LogP contribution in [0.1, 0.15) is 19.4 Å². The summed E-state index contributed by atoms with van der Waals surface area (Å²) in [6.45, 7) is 9.00. The molecule has 4 aromatic rings. The van der Waals surface area contributed by atoms with Gasteiger partial charge >= 0.3 is 0 Å². The molecule has 1 aliphatic heterocycles. The highest BCUT2D eigenvalue weighted by molar-refractivity contribution is 7.80. The number of aryl methyl sites for hydroxylation is 1. The Balaban J connectivity index is 1.32. The first-order valence-corrected chi connectivity index (χ1v) is 12.3. The average Bonchev–Trinajstić information content (AvgIpc) is 2.89. The maximum absolute atomic E-state index is 5.90. The molecule has 5 rings (SSSR count). The maximum atomic E-state index is 5.90. The van der Waals surface area contributed by atoms with Crippen LogP contribution < -0.4 is 10.2 Å². The van der Waals surface area contributed by atoms with Gasteiger partial charge in [0, 0.05) is 54.9 Å². The second-order valence-corrected chi connectivity index (χ2v) is 9.61. The molecule has 1 fully saturated rings. The highest BCUT2D eigenvalue weighted by Crippen LogP contribution is 2.26. The zero-order chi connectivity index (χ0) is 24.4. The van der Waals surface area contributed by atoms with E-state index < -0.39 is 0 Å². The van der Waals surface area contributed by atoms with Gasteiger partial charge in [0.05, 0.1) is 17.3 Å². The standard InChI is InChI=1S/C27H29N7S/c1-18(2)25-17-33(26-10-9-24(31-32-26)21-16-28-13-11-19(21)3)14-15-34(25)27(35)30-23-8-4-7-22-20(23)6-5-12-29-22/h4-13,16,18,25H,14-15,17H2,1-3H3,(H,30,35). The first kappa shape index (κ1) is 23.1. The summed E-state index contributed by atoms with van der Waals surface area (Å²) in [6, 6.07) is 16.4. The van der Waals surface area contributed by atoms with Gasteiger partial charge in [-0.05, 0) is 73.1 Å². The number of hydrogen-bond acceptors (Lipinski definition) is 6. The molecule has 4 heterocycles. The number of pyridine rings is 2. The Morgan fingerprint density at radius 1 is 1.03 bits per heavy atom. The molecular weight excluding hydrogens is 454 g/mol. The summed E-state index contributed by atoms with van der Waals surface area (Å²) in [7, 11) is 0. The smallest absolute Gasteiger partial charge is 0.173 e. The highest BCUT2D eigenvalue weighted by Gasteiger charge is 2.31. The van der Waals surface area contributed by atoms with E-state index in [-0.39, 0.29) is 6.04 Å². The molecule has 1 aromatic carbocycles. The molecule has 1 atom stereocenters. The lowest BCUT2D eigenvalue weighted by molar-refractivity contribution is 0.227. The molecule has 0 saturated carbocycles. The number of fused-ring (bicyclic) bond motifs is 1. The molecule has 0 amide bonds. The maximum Gasteiger partial charge on any atom is 0.173 e. The lowest BCUT2D eigenvalue weighted by atomic mass is 10.00. The van der Waals surface area contributed by atoms with E-state index in [9.17, 15) is 0 Å². The van der Waals surface area contributed by atoms with Gasteiger partial charge in [-0.3, -0.25) is 9.97 Å². The number of aromatic nitrogens is 4. The Labute approximate surface area is 211 Å². The van der Waals surface area contributed by atoms with Gasteiger partial charge in [0.15, 0.2) is 10.9 Å². The van der Waals surface area contributed by atoms with Gasteiger partial charge in [0.2, 0.25) is 0 Å². The van der Waals surface area contributed by atoms with Gasteiger partial charge in [-0.15, -0.1) is 10.2 Å². The third-order valence-corrected chi connectivity index (χ3v) is 6.96. The number of rotatable bonds is 4. The van der Waals surface area contributed by atoms with Crippen LogP contribution in [0.3, 0.4) is 0 Å². The van der Waals surface area contributed by atoms with Gasteiger partial charge in [-0.25, -0.2) is 0 Å². The Morgan fingerprint density at radius 2 is 1.91 bits per heavy atom. The van der Waals surface area contributed by atoms with Crippen LogP contribution in [0.15, 0.2) is 67.1 Å². The fourth-order valence-electron chi connectivity index (χ4n) is 4.61. The van der Waals surface area contributed by atoms with Crippen molar-refractivity contribution in [1.82, 2.24) is 25.1 Å². The van der Waals surface area contributed by atoms with Crippen LogP contribution in [0.2, 0.25) is 0 Å². The molecule has 8 heteroatoms. The molecule has 1 unspecified atom stereocenters. The molecule has 1 saturated heterocycles. The van der Waals surface area contributed by atoms with Crippen molar-refractivity contribution >= 4 is 39.7 Å². The third-order valence-electron chi connectivity index (χ3n) is 6.63. The SMILES string of the molecule is Cc1ccncc1-c1ccc(N2CCN(C(=S)Nc3cccc4ncccc34)C(C(C)C)C2)nn1. The number of thiocarbonyl (C=S) groups is 1. The summed E-state index contributed by atoms with van der Waals surface area (Å²) in [6.07, 6.45) is 5.45. The van der Waals surface area contributed by atoms with Crippen molar-refractivity contribution in [3.63, 3.8) is 0 Å². The van der Waals surface area contributed by atoms with Crippen molar-refractivity contribution in [2.45, 2.75) is 26.8 Å². The lowest BCUT2D eigenvalue weighted by Crippen LogP contribution is -2.58. The summed E-state index contributed by atoms with van der Waals surface area (Å²) < 4.78 is 0. The predicted octanol–water partition coefficient (Wildman–Crippen LogP) is 4.94. The Hall–Kier alpha value is -3.65. The van der Waals surface area contributed by atoms with Gasteiger partial charge in [0.25, 0.3) is 0 Å². The topological polar surface area (TPSA) is 70.1 Å². The lowest BCUT2D eigenvalue weighted by Gasteiger charge is -2.45. The third kappa shape index (κ3) is 4.79. The van der Waals surface area contributed by atoms with Gasteiger partial charge in [-0.1, -0.05) is 19.9 Å². The number of benzene rings is 1. The molecule has 178 valence electrons. The van der Waals surface area contributed by atoms with Crippen LogP contribution >= 0.6 is 12.2 Å². The van der Waals surface area contributed by atoms with Crippen molar-refractivity contribution < 1.29 is 0 Å². The molecular formula is C27H29N7S.